The molecule has 0 aromatic heterocycles. The monoisotopic (exact) mass is 555 g/mol. The molecule has 37 heavy (non-hydrogen) atoms. The van der Waals surface area contributed by atoms with Gasteiger partial charge in [-0.15, -0.1) is 0 Å². The van der Waals surface area contributed by atoms with Crippen LogP contribution in [0.3, 0.4) is 0 Å². The topological polar surface area (TPSA) is 193 Å². The van der Waals surface area contributed by atoms with Crippen molar-refractivity contribution in [2.75, 3.05) is 24.2 Å². The van der Waals surface area contributed by atoms with Crippen LogP contribution in [0, 0.1) is 6.92 Å². The van der Waals surface area contributed by atoms with Crippen LogP contribution in [0.1, 0.15) is 37.4 Å². The summed E-state index contributed by atoms with van der Waals surface area (Å²) in [5, 5.41) is 11.8. The average molecular weight is 556 g/mol. The summed E-state index contributed by atoms with van der Waals surface area (Å²) in [4.78, 5) is 25.7. The molecule has 0 fully saturated rings. The summed E-state index contributed by atoms with van der Waals surface area (Å²) in [6.45, 7) is 0.931. The molecule has 11 nitrogen and oxygen atoms in total. The maximum atomic E-state index is 13.4. The van der Waals surface area contributed by atoms with E-state index in [-0.39, 0.29) is 74.6 Å². The number of nitrogens with two attached hydrogens (primary N) is 1. The van der Waals surface area contributed by atoms with Crippen LogP contribution in [0.2, 0.25) is 0 Å². The summed E-state index contributed by atoms with van der Waals surface area (Å²) >= 11 is 0. The SMILES string of the molecule is Cc1ccc(Nc2cc(S(=O)(=O)O)c(N)c3c2C(=O)c2ccccc2C3=O)cc1S(=O)(=O)NCCO.[NaH]. The first-order chi connectivity index (χ1) is 16.9. The molecule has 1 aliphatic carbocycles. The molecular weight excluding hydrogens is 533 g/mol. The summed E-state index contributed by atoms with van der Waals surface area (Å²) in [5.74, 6) is -1.31. The van der Waals surface area contributed by atoms with Gasteiger partial charge in [-0.3, -0.25) is 14.1 Å². The Morgan fingerprint density at radius 3 is 2.05 bits per heavy atom. The average Bonchev–Trinajstić information content (AvgIpc) is 2.82. The van der Waals surface area contributed by atoms with Gasteiger partial charge in [-0.05, 0) is 30.7 Å². The second-order valence-corrected chi connectivity index (χ2v) is 11.1. The normalized spacial score (nSPS) is 12.9. The van der Waals surface area contributed by atoms with E-state index in [4.69, 9.17) is 10.8 Å². The van der Waals surface area contributed by atoms with Crippen LogP contribution in [-0.4, -0.2) is 80.8 Å². The van der Waals surface area contributed by atoms with Gasteiger partial charge in [-0.25, -0.2) is 13.1 Å². The standard InChI is InChI=1S/C23H21N3O8S2.Na.H/c1-12-6-7-13(10-17(12)35(30,31)25-8-9-27)26-16-11-18(36(32,33)34)21(24)20-19(16)22(28)14-4-2-3-5-15(14)23(20)29;;/h2-7,10-11,25-27H,8-9,24H2,1H3,(H,32,33,34);;. The molecule has 3 aromatic rings. The molecule has 0 bridgehead atoms. The number of benzene rings is 3. The van der Waals surface area contributed by atoms with Crippen LogP contribution in [-0.2, 0) is 20.1 Å². The van der Waals surface area contributed by atoms with E-state index in [1.165, 1.54) is 36.4 Å². The number of hydrogen-bond donors (Lipinski definition) is 5. The Balaban J connectivity index is 0.00000380. The number of hydrogen-bond acceptors (Lipinski definition) is 9. The van der Waals surface area contributed by atoms with Crippen LogP contribution < -0.4 is 15.8 Å². The Hall–Kier alpha value is -2.62. The van der Waals surface area contributed by atoms with Crippen molar-refractivity contribution in [1.82, 2.24) is 4.72 Å². The van der Waals surface area contributed by atoms with E-state index in [9.17, 15) is 31.0 Å². The van der Waals surface area contributed by atoms with Gasteiger partial charge < -0.3 is 16.2 Å². The van der Waals surface area contributed by atoms with Gasteiger partial charge in [0.05, 0.1) is 34.0 Å². The molecule has 0 atom stereocenters. The van der Waals surface area contributed by atoms with Crippen molar-refractivity contribution in [3.05, 3.63) is 76.3 Å². The van der Waals surface area contributed by atoms with Crippen molar-refractivity contribution in [1.29, 1.82) is 0 Å². The first-order valence-electron chi connectivity index (χ1n) is 10.5. The predicted molar refractivity (Wildman–Crippen MR) is 138 cm³/mol. The number of aliphatic hydroxyl groups excluding tert-OH is 1. The minimum atomic E-state index is -4.91. The van der Waals surface area contributed by atoms with Gasteiger partial charge in [0.25, 0.3) is 10.1 Å². The van der Waals surface area contributed by atoms with Crippen LogP contribution in [0.4, 0.5) is 17.1 Å². The zero-order valence-electron chi connectivity index (χ0n) is 18.8. The van der Waals surface area contributed by atoms with Crippen LogP contribution in [0.25, 0.3) is 0 Å². The minimum absolute atomic E-state index is 0. The molecule has 3 aromatic carbocycles. The van der Waals surface area contributed by atoms with Gasteiger partial charge >= 0.3 is 29.6 Å². The molecule has 0 amide bonds. The fourth-order valence-electron chi connectivity index (χ4n) is 3.99. The number of ketones is 2. The Kier molecular flexibility index (Phi) is 8.32. The Morgan fingerprint density at radius 1 is 0.892 bits per heavy atom. The second-order valence-electron chi connectivity index (χ2n) is 7.99. The third-order valence-electron chi connectivity index (χ3n) is 5.64. The molecule has 0 spiro atoms. The zero-order chi connectivity index (χ0) is 26.4. The molecular formula is C23H22N3NaO8S2. The number of aryl methyl sites for hydroxylation is 1. The number of nitrogens with one attached hydrogen (secondary N) is 2. The summed E-state index contributed by atoms with van der Waals surface area (Å²) in [6, 6.07) is 11.1. The Bertz CT molecular complexity index is 1650. The van der Waals surface area contributed by atoms with Crippen LogP contribution in [0.15, 0.2) is 58.3 Å². The second kappa shape index (κ2) is 10.6. The van der Waals surface area contributed by atoms with Gasteiger partial charge in [0.15, 0.2) is 11.6 Å². The fourth-order valence-corrected chi connectivity index (χ4v) is 5.92. The van der Waals surface area contributed by atoms with Crippen molar-refractivity contribution < 1.29 is 36.1 Å². The molecule has 14 heteroatoms. The molecule has 4 rings (SSSR count). The molecule has 6 N–H and O–H groups in total. The molecule has 0 saturated carbocycles. The number of aliphatic hydroxyl groups is 1. The van der Waals surface area contributed by atoms with Crippen molar-refractivity contribution in [2.24, 2.45) is 0 Å². The first-order valence-corrected chi connectivity index (χ1v) is 13.4. The van der Waals surface area contributed by atoms with E-state index in [0.717, 1.165) is 6.07 Å². The third kappa shape index (κ3) is 5.35. The molecule has 0 unspecified atom stereocenters. The van der Waals surface area contributed by atoms with Gasteiger partial charge in [0, 0.05) is 23.4 Å². The van der Waals surface area contributed by atoms with Crippen LogP contribution in [0.5, 0.6) is 0 Å². The molecule has 1 aliphatic rings. The summed E-state index contributed by atoms with van der Waals surface area (Å²) < 4.78 is 61.3. The van der Waals surface area contributed by atoms with E-state index in [1.807, 2.05) is 0 Å². The van der Waals surface area contributed by atoms with E-state index in [2.05, 4.69) is 10.0 Å². The zero-order valence-corrected chi connectivity index (χ0v) is 20.4. The first kappa shape index (κ1) is 28.9. The number of nitrogen functional groups attached to an aromatic ring is 1. The Labute approximate surface area is 235 Å². The number of sulfonamides is 1. The summed E-state index contributed by atoms with van der Waals surface area (Å²) in [6.07, 6.45) is 0. The maximum absolute atomic E-state index is 13.4. The number of anilines is 3. The molecule has 190 valence electrons. The number of carbonyl (C=O) groups excluding carboxylic acids is 2. The van der Waals surface area contributed by atoms with E-state index in [0.29, 0.717) is 5.56 Å². The van der Waals surface area contributed by atoms with E-state index in [1.54, 1.807) is 13.0 Å². The molecule has 0 radical (unpaired) electrons. The van der Waals surface area contributed by atoms with Gasteiger partial charge in [0.1, 0.15) is 4.90 Å². The Morgan fingerprint density at radius 2 is 1.49 bits per heavy atom. The van der Waals surface area contributed by atoms with Crippen molar-refractivity contribution in [2.45, 2.75) is 16.7 Å². The van der Waals surface area contributed by atoms with Gasteiger partial charge in [-0.1, -0.05) is 30.3 Å². The summed E-state index contributed by atoms with van der Waals surface area (Å²) in [7, 11) is -8.92. The van der Waals surface area contributed by atoms with E-state index >= 15 is 0 Å². The molecule has 0 aliphatic heterocycles. The number of rotatable bonds is 7. The molecule has 0 saturated heterocycles. The van der Waals surface area contributed by atoms with Gasteiger partial charge in [0.2, 0.25) is 10.0 Å². The summed E-state index contributed by atoms with van der Waals surface area (Å²) in [5.41, 5.74) is 5.23. The molecule has 0 heterocycles. The van der Waals surface area contributed by atoms with E-state index < -0.39 is 48.9 Å². The van der Waals surface area contributed by atoms with Crippen molar-refractivity contribution in [3.63, 3.8) is 0 Å². The van der Waals surface area contributed by atoms with Gasteiger partial charge in [-0.2, -0.15) is 8.42 Å². The fraction of sp³-hybridized carbons (Fsp3) is 0.130. The predicted octanol–water partition coefficient (Wildman–Crippen LogP) is 0.965. The van der Waals surface area contributed by atoms with Crippen LogP contribution >= 0.6 is 0 Å². The van der Waals surface area contributed by atoms with Crippen molar-refractivity contribution in [3.8, 4) is 0 Å². The third-order valence-corrected chi connectivity index (χ3v) is 8.14. The number of fused-ring (bicyclic) bond motifs is 2. The quantitative estimate of drug-likeness (QED) is 0.125. The number of carbonyl (C=O) groups is 2. The van der Waals surface area contributed by atoms with Crippen molar-refractivity contribution >= 4 is 78.3 Å².